The van der Waals surface area contributed by atoms with E-state index in [0.29, 0.717) is 23.5 Å². The number of thiazole rings is 1. The van der Waals surface area contributed by atoms with Gasteiger partial charge < -0.3 is 5.32 Å². The number of anilines is 1. The molecule has 5 nitrogen and oxygen atoms in total. The van der Waals surface area contributed by atoms with E-state index in [4.69, 9.17) is 11.6 Å². The number of amides is 1. The van der Waals surface area contributed by atoms with Crippen LogP contribution in [0.1, 0.15) is 21.6 Å². The predicted molar refractivity (Wildman–Crippen MR) is 117 cm³/mol. The van der Waals surface area contributed by atoms with E-state index in [1.165, 1.54) is 16.8 Å². The second-order valence-electron chi connectivity index (χ2n) is 6.36. The molecule has 0 radical (unpaired) electrons. The summed E-state index contributed by atoms with van der Waals surface area (Å²) in [5.41, 5.74) is 3.25. The highest BCUT2D eigenvalue weighted by Gasteiger charge is 2.21. The number of benzene rings is 2. The minimum absolute atomic E-state index is 0.243. The number of aromatic nitrogens is 3. The lowest BCUT2D eigenvalue weighted by molar-refractivity contribution is 0.102. The lowest BCUT2D eigenvalue weighted by Gasteiger charge is -2.06. The summed E-state index contributed by atoms with van der Waals surface area (Å²) in [4.78, 5) is 17.3. The first-order chi connectivity index (χ1) is 13.9. The third-order valence-electron chi connectivity index (χ3n) is 4.34. The van der Waals surface area contributed by atoms with Gasteiger partial charge in [-0.25, -0.2) is 14.1 Å². The molecule has 0 aliphatic carbocycles. The van der Waals surface area contributed by atoms with Crippen LogP contribution in [0.3, 0.4) is 0 Å². The maximum absolute atomic E-state index is 13.1. The van der Waals surface area contributed by atoms with Gasteiger partial charge in [0, 0.05) is 5.69 Å². The van der Waals surface area contributed by atoms with Gasteiger partial charge in [0.05, 0.1) is 28.0 Å². The number of nitrogens with zero attached hydrogens (tertiary/aromatic N) is 3. The molecule has 0 bridgehead atoms. The molecule has 0 saturated carbocycles. The molecule has 9 heteroatoms. The van der Waals surface area contributed by atoms with Crippen LogP contribution in [0.2, 0.25) is 5.15 Å². The maximum atomic E-state index is 13.1. The quantitative estimate of drug-likeness (QED) is 0.404. The van der Waals surface area contributed by atoms with E-state index < -0.39 is 0 Å². The summed E-state index contributed by atoms with van der Waals surface area (Å²) < 4.78 is 16.6. The van der Waals surface area contributed by atoms with Crippen molar-refractivity contribution in [1.29, 1.82) is 0 Å². The predicted octanol–water partition coefficient (Wildman–Crippen LogP) is 5.62. The molecular weight excluding hydrogens is 431 g/mol. The monoisotopic (exact) mass is 446 g/mol. The summed E-state index contributed by atoms with van der Waals surface area (Å²) in [6.45, 7) is 2.08. The topological polar surface area (TPSA) is 59.8 Å². The number of carbonyl (C=O) groups is 1. The van der Waals surface area contributed by atoms with E-state index in [1.807, 2.05) is 24.5 Å². The zero-order valence-corrected chi connectivity index (χ0v) is 18.0. The van der Waals surface area contributed by atoms with Crippen LogP contribution in [0.4, 0.5) is 10.1 Å². The van der Waals surface area contributed by atoms with Crippen molar-refractivity contribution < 1.29 is 9.18 Å². The van der Waals surface area contributed by atoms with E-state index in [9.17, 15) is 9.18 Å². The van der Waals surface area contributed by atoms with Crippen molar-refractivity contribution in [3.63, 3.8) is 0 Å². The first-order valence-corrected chi connectivity index (χ1v) is 11.1. The highest BCUT2D eigenvalue weighted by atomic mass is 35.5. The van der Waals surface area contributed by atoms with Gasteiger partial charge in [-0.15, -0.1) is 11.3 Å². The molecule has 0 unspecified atom stereocenters. The van der Waals surface area contributed by atoms with Crippen LogP contribution in [-0.4, -0.2) is 26.9 Å². The Hall–Kier alpha value is -2.42. The SMILES string of the molecule is CSc1nc2ccc(NC(=O)c3c(C)nn(Cc4ccc(F)cc4)c3Cl)cc2s1. The molecule has 1 amide bonds. The Kier molecular flexibility index (Phi) is 5.58. The molecule has 148 valence electrons. The average Bonchev–Trinajstić information content (AvgIpc) is 3.23. The van der Waals surface area contributed by atoms with Gasteiger partial charge in [-0.1, -0.05) is 35.5 Å². The first kappa shape index (κ1) is 19.9. The number of hydrogen-bond acceptors (Lipinski definition) is 5. The Morgan fingerprint density at radius 3 is 2.76 bits per heavy atom. The Morgan fingerprint density at radius 1 is 1.28 bits per heavy atom. The standard InChI is InChI=1S/C20H16ClFN4OS2/c1-11-17(18(21)26(25-11)10-12-3-5-13(22)6-4-12)19(27)23-14-7-8-15-16(9-14)29-20(24-15)28-2/h3-9H,10H2,1-2H3,(H,23,27). The highest BCUT2D eigenvalue weighted by molar-refractivity contribution is 8.00. The molecule has 4 aromatic rings. The number of aryl methyl sites for hydroxylation is 1. The third-order valence-corrected chi connectivity index (χ3v) is 6.73. The molecule has 29 heavy (non-hydrogen) atoms. The number of rotatable bonds is 5. The number of carbonyl (C=O) groups excluding carboxylic acids is 1. The molecule has 0 fully saturated rings. The van der Waals surface area contributed by atoms with Crippen LogP contribution in [0.25, 0.3) is 10.2 Å². The van der Waals surface area contributed by atoms with Crippen LogP contribution in [-0.2, 0) is 6.54 Å². The summed E-state index contributed by atoms with van der Waals surface area (Å²) >= 11 is 9.61. The van der Waals surface area contributed by atoms with Crippen molar-refractivity contribution in [2.24, 2.45) is 0 Å². The molecule has 0 saturated heterocycles. The summed E-state index contributed by atoms with van der Waals surface area (Å²) in [6, 6.07) is 11.7. The van der Waals surface area contributed by atoms with Crippen LogP contribution in [0.5, 0.6) is 0 Å². The fourth-order valence-electron chi connectivity index (χ4n) is 2.94. The van der Waals surface area contributed by atoms with Crippen molar-refractivity contribution in [3.8, 4) is 0 Å². The lowest BCUT2D eigenvalue weighted by Crippen LogP contribution is -2.13. The van der Waals surface area contributed by atoms with Gasteiger partial charge in [-0.05, 0) is 49.1 Å². The van der Waals surface area contributed by atoms with Crippen molar-refractivity contribution in [2.75, 3.05) is 11.6 Å². The van der Waals surface area contributed by atoms with Gasteiger partial charge in [-0.2, -0.15) is 5.10 Å². The van der Waals surface area contributed by atoms with Crippen LogP contribution in [0, 0.1) is 12.7 Å². The Bertz CT molecular complexity index is 1200. The second kappa shape index (κ2) is 8.14. The van der Waals surface area contributed by atoms with E-state index >= 15 is 0 Å². The van der Waals surface area contributed by atoms with Gasteiger partial charge >= 0.3 is 0 Å². The molecule has 0 atom stereocenters. The smallest absolute Gasteiger partial charge is 0.260 e. The van der Waals surface area contributed by atoms with Crippen LogP contribution >= 0.6 is 34.7 Å². The van der Waals surface area contributed by atoms with E-state index in [0.717, 1.165) is 20.1 Å². The lowest BCUT2D eigenvalue weighted by atomic mass is 10.2. The molecule has 2 heterocycles. The number of nitrogens with one attached hydrogen (secondary N) is 1. The Balaban J connectivity index is 1.57. The van der Waals surface area contributed by atoms with Gasteiger partial charge in [0.25, 0.3) is 5.91 Å². The molecule has 0 aliphatic rings. The summed E-state index contributed by atoms with van der Waals surface area (Å²) in [6.07, 6.45) is 1.98. The average molecular weight is 447 g/mol. The van der Waals surface area contributed by atoms with E-state index in [-0.39, 0.29) is 16.9 Å². The van der Waals surface area contributed by atoms with E-state index in [1.54, 1.807) is 42.2 Å². The number of fused-ring (bicyclic) bond motifs is 1. The number of halogens is 2. The fraction of sp³-hybridized carbons (Fsp3) is 0.150. The Morgan fingerprint density at radius 2 is 2.03 bits per heavy atom. The molecular formula is C20H16ClFN4OS2. The van der Waals surface area contributed by atoms with Gasteiger partial charge in [0.15, 0.2) is 4.34 Å². The fourth-order valence-corrected chi connectivity index (χ4v) is 4.79. The number of hydrogen-bond donors (Lipinski definition) is 1. The summed E-state index contributed by atoms with van der Waals surface area (Å²) in [5, 5.41) is 7.51. The molecule has 2 aromatic carbocycles. The third kappa shape index (κ3) is 4.14. The second-order valence-corrected chi connectivity index (χ2v) is 8.80. The van der Waals surface area contributed by atoms with E-state index in [2.05, 4.69) is 15.4 Å². The first-order valence-electron chi connectivity index (χ1n) is 8.68. The van der Waals surface area contributed by atoms with Crippen LogP contribution < -0.4 is 5.32 Å². The highest BCUT2D eigenvalue weighted by Crippen LogP contribution is 2.30. The minimum Gasteiger partial charge on any atom is -0.322 e. The number of thioether (sulfide) groups is 1. The van der Waals surface area contributed by atoms with Crippen LogP contribution in [0.15, 0.2) is 46.8 Å². The van der Waals surface area contributed by atoms with Crippen molar-refractivity contribution in [2.45, 2.75) is 17.8 Å². The molecule has 2 aromatic heterocycles. The summed E-state index contributed by atoms with van der Waals surface area (Å²) in [7, 11) is 0. The van der Waals surface area contributed by atoms with Crippen molar-refractivity contribution in [1.82, 2.24) is 14.8 Å². The zero-order valence-electron chi connectivity index (χ0n) is 15.6. The molecule has 0 spiro atoms. The molecule has 1 N–H and O–H groups in total. The van der Waals surface area contributed by atoms with Crippen molar-refractivity contribution >= 4 is 56.5 Å². The largest absolute Gasteiger partial charge is 0.322 e. The zero-order chi connectivity index (χ0) is 20.5. The maximum Gasteiger partial charge on any atom is 0.260 e. The molecule has 4 rings (SSSR count). The minimum atomic E-state index is -0.327. The van der Waals surface area contributed by atoms with Gasteiger partial charge in [-0.3, -0.25) is 4.79 Å². The Labute approximate surface area is 179 Å². The summed E-state index contributed by atoms with van der Waals surface area (Å²) in [5.74, 6) is -0.633. The van der Waals surface area contributed by atoms with Gasteiger partial charge in [0.2, 0.25) is 0 Å². The molecule has 0 aliphatic heterocycles. The van der Waals surface area contributed by atoms with Gasteiger partial charge in [0.1, 0.15) is 11.0 Å². The normalized spacial score (nSPS) is 11.2. The van der Waals surface area contributed by atoms with Crippen molar-refractivity contribution in [3.05, 3.63) is 70.3 Å².